The van der Waals surface area contributed by atoms with Crippen molar-refractivity contribution in [2.24, 2.45) is 0 Å². The molecule has 0 aliphatic rings. The molecule has 49 heavy (non-hydrogen) atoms. The van der Waals surface area contributed by atoms with E-state index in [1.165, 1.54) is 11.0 Å². The van der Waals surface area contributed by atoms with Gasteiger partial charge in [-0.15, -0.1) is 24.8 Å². The van der Waals surface area contributed by atoms with Gasteiger partial charge in [0.2, 0.25) is 17.7 Å². The number of nitrogens with zero attached hydrogens (tertiary/aromatic N) is 3. The van der Waals surface area contributed by atoms with Crippen LogP contribution >= 0.6 is 48.0 Å². The molecule has 0 fully saturated rings. The number of nitrogens with one attached hydrogen (secondary N) is 2. The van der Waals surface area contributed by atoms with Gasteiger partial charge < -0.3 is 20.3 Å². The normalized spacial score (nSPS) is 10.5. The number of aromatic nitrogens is 2. The summed E-state index contributed by atoms with van der Waals surface area (Å²) < 4.78 is 6.08. The predicted octanol–water partition coefficient (Wildman–Crippen LogP) is 7.64. The second-order valence-corrected chi connectivity index (χ2v) is 11.4. The van der Waals surface area contributed by atoms with Gasteiger partial charge >= 0.3 is 0 Å². The second kappa shape index (κ2) is 18.2. The number of rotatable bonds is 11. The molecule has 9 nitrogen and oxygen atoms in total. The molecular formula is C36H33Cl4N5O4. The fourth-order valence-electron chi connectivity index (χ4n) is 4.68. The van der Waals surface area contributed by atoms with Gasteiger partial charge in [-0.3, -0.25) is 19.4 Å². The highest BCUT2D eigenvalue weighted by molar-refractivity contribution is 6.38. The van der Waals surface area contributed by atoms with Crippen LogP contribution in [0.4, 0.5) is 11.4 Å². The Kier molecular flexibility index (Phi) is 14.4. The van der Waals surface area contributed by atoms with E-state index in [4.69, 9.17) is 27.9 Å². The van der Waals surface area contributed by atoms with Gasteiger partial charge in [-0.25, -0.2) is 4.98 Å². The van der Waals surface area contributed by atoms with Gasteiger partial charge in [0.25, 0.3) is 0 Å². The van der Waals surface area contributed by atoms with E-state index in [0.29, 0.717) is 27.7 Å². The Morgan fingerprint density at radius 2 is 1.71 bits per heavy atom. The van der Waals surface area contributed by atoms with Crippen LogP contribution in [-0.4, -0.2) is 41.3 Å². The number of hydrogen-bond acceptors (Lipinski definition) is 6. The van der Waals surface area contributed by atoms with Gasteiger partial charge in [0, 0.05) is 52.9 Å². The topological polar surface area (TPSA) is 114 Å². The molecule has 0 spiro atoms. The number of benzene rings is 3. The van der Waals surface area contributed by atoms with Crippen molar-refractivity contribution < 1.29 is 19.1 Å². The SMILES string of the molecule is Cc1ccc2cccc(OCc3c(Cl)ccc(N(C)C(=O)CNC(=O)C=Cc4ccc(NC(=O)Cc5cccnc5)cc4)c3Cl)c2n1.Cl.Cl. The summed E-state index contributed by atoms with van der Waals surface area (Å²) in [5.41, 5.74) is 4.72. The van der Waals surface area contributed by atoms with E-state index in [9.17, 15) is 14.4 Å². The Bertz CT molecular complexity index is 1960. The zero-order valence-corrected chi connectivity index (χ0v) is 29.6. The maximum atomic E-state index is 13.0. The summed E-state index contributed by atoms with van der Waals surface area (Å²) in [4.78, 5) is 47.7. The molecule has 3 amide bonds. The second-order valence-electron chi connectivity index (χ2n) is 10.6. The van der Waals surface area contributed by atoms with Crippen LogP contribution in [-0.2, 0) is 27.4 Å². The first kappa shape index (κ1) is 38.8. The lowest BCUT2D eigenvalue weighted by molar-refractivity contribution is -0.122. The fraction of sp³-hybridized carbons (Fsp3) is 0.139. The molecule has 0 radical (unpaired) electrons. The van der Waals surface area contributed by atoms with E-state index in [-0.39, 0.29) is 61.2 Å². The molecule has 5 rings (SSSR count). The molecule has 0 bridgehead atoms. The van der Waals surface area contributed by atoms with E-state index < -0.39 is 5.91 Å². The number of fused-ring (bicyclic) bond motifs is 1. The minimum absolute atomic E-state index is 0. The molecule has 2 aromatic heterocycles. The van der Waals surface area contributed by atoms with Gasteiger partial charge in [-0.1, -0.05) is 59.6 Å². The summed E-state index contributed by atoms with van der Waals surface area (Å²) in [5.74, 6) is -0.407. The third-order valence-electron chi connectivity index (χ3n) is 7.22. The lowest BCUT2D eigenvalue weighted by atomic mass is 10.1. The number of likely N-dealkylation sites (N-methyl/N-ethyl adjacent to an activating group) is 1. The Morgan fingerprint density at radius 1 is 0.939 bits per heavy atom. The molecule has 0 aliphatic heterocycles. The quantitative estimate of drug-likeness (QED) is 0.135. The number of carbonyl (C=O) groups excluding carboxylic acids is 3. The average Bonchev–Trinajstić information content (AvgIpc) is 3.07. The fourth-order valence-corrected chi connectivity index (χ4v) is 5.28. The van der Waals surface area contributed by atoms with Gasteiger partial charge in [-0.05, 0) is 66.6 Å². The number of halogens is 4. The molecule has 0 saturated heterocycles. The van der Waals surface area contributed by atoms with Crippen LogP contribution in [0.3, 0.4) is 0 Å². The van der Waals surface area contributed by atoms with Gasteiger partial charge in [0.05, 0.1) is 23.7 Å². The van der Waals surface area contributed by atoms with Crippen molar-refractivity contribution in [3.63, 3.8) is 0 Å². The number of ether oxygens (including phenoxy) is 1. The maximum Gasteiger partial charge on any atom is 0.246 e. The Balaban J connectivity index is 0.00000325. The van der Waals surface area contributed by atoms with E-state index in [1.54, 1.807) is 68.0 Å². The number of pyridine rings is 2. The highest BCUT2D eigenvalue weighted by atomic mass is 35.5. The number of hydrogen-bond donors (Lipinski definition) is 2. The van der Waals surface area contributed by atoms with Crippen molar-refractivity contribution in [1.29, 1.82) is 0 Å². The molecule has 2 heterocycles. The molecule has 0 aliphatic carbocycles. The molecule has 0 saturated carbocycles. The van der Waals surface area contributed by atoms with Crippen molar-refractivity contribution in [3.05, 3.63) is 130 Å². The minimum Gasteiger partial charge on any atom is -0.487 e. The third kappa shape index (κ3) is 10.4. The number of para-hydroxylation sites is 1. The zero-order valence-electron chi connectivity index (χ0n) is 26.5. The van der Waals surface area contributed by atoms with Crippen LogP contribution in [0.5, 0.6) is 5.75 Å². The van der Waals surface area contributed by atoms with E-state index in [0.717, 1.165) is 27.7 Å². The highest BCUT2D eigenvalue weighted by Crippen LogP contribution is 2.35. The van der Waals surface area contributed by atoms with E-state index >= 15 is 0 Å². The molecule has 0 atom stereocenters. The van der Waals surface area contributed by atoms with Gasteiger partial charge in [0.1, 0.15) is 17.9 Å². The van der Waals surface area contributed by atoms with Crippen LogP contribution in [0.1, 0.15) is 22.4 Å². The summed E-state index contributed by atoms with van der Waals surface area (Å²) in [6, 6.07) is 23.5. The molecular weight excluding hydrogens is 708 g/mol. The molecule has 3 aromatic carbocycles. The highest BCUT2D eigenvalue weighted by Gasteiger charge is 2.19. The molecule has 5 aromatic rings. The number of anilines is 2. The monoisotopic (exact) mass is 739 g/mol. The Hall–Kier alpha value is -4.67. The van der Waals surface area contributed by atoms with Crippen LogP contribution in [0.2, 0.25) is 10.0 Å². The van der Waals surface area contributed by atoms with Crippen LogP contribution < -0.4 is 20.3 Å². The van der Waals surface area contributed by atoms with Crippen molar-refractivity contribution in [2.75, 3.05) is 23.8 Å². The summed E-state index contributed by atoms with van der Waals surface area (Å²) in [6.45, 7) is 1.71. The third-order valence-corrected chi connectivity index (χ3v) is 7.99. The van der Waals surface area contributed by atoms with Crippen molar-refractivity contribution in [1.82, 2.24) is 15.3 Å². The average molecular weight is 742 g/mol. The molecule has 2 N–H and O–H groups in total. The van der Waals surface area contributed by atoms with Gasteiger partial charge in [-0.2, -0.15) is 0 Å². The number of amides is 3. The lowest BCUT2D eigenvalue weighted by Crippen LogP contribution is -2.37. The van der Waals surface area contributed by atoms with Crippen LogP contribution in [0.15, 0.2) is 97.3 Å². The van der Waals surface area contributed by atoms with Crippen LogP contribution in [0.25, 0.3) is 17.0 Å². The summed E-state index contributed by atoms with van der Waals surface area (Å²) in [5, 5.41) is 7.03. The lowest BCUT2D eigenvalue weighted by Gasteiger charge is -2.21. The van der Waals surface area contributed by atoms with Crippen molar-refractivity contribution >= 4 is 94.1 Å². The van der Waals surface area contributed by atoms with E-state index in [1.807, 2.05) is 43.3 Å². The predicted molar refractivity (Wildman–Crippen MR) is 200 cm³/mol. The first-order chi connectivity index (χ1) is 22.7. The van der Waals surface area contributed by atoms with Gasteiger partial charge in [0.15, 0.2) is 0 Å². The Morgan fingerprint density at radius 3 is 2.45 bits per heavy atom. The number of aryl methyl sites for hydroxylation is 1. The summed E-state index contributed by atoms with van der Waals surface area (Å²) in [7, 11) is 1.57. The van der Waals surface area contributed by atoms with Crippen molar-refractivity contribution in [3.8, 4) is 5.75 Å². The Labute approximate surface area is 306 Å². The van der Waals surface area contributed by atoms with E-state index in [2.05, 4.69) is 20.6 Å². The van der Waals surface area contributed by atoms with Crippen molar-refractivity contribution in [2.45, 2.75) is 20.0 Å². The minimum atomic E-state index is -0.448. The largest absolute Gasteiger partial charge is 0.487 e. The standard InChI is InChI=1S/C36H31Cl2N5O4.2ClH/c1-23-8-12-26-6-3-7-31(36(26)41-23)47-22-28-29(37)15-16-30(35(28)38)43(2)34(46)21-40-32(44)17-11-24-9-13-27(14-10-24)42-33(45)19-25-5-4-18-39-20-25;;/h3-18,20H,19,21-22H2,1-2H3,(H,40,44)(H,42,45);2*1H. The maximum absolute atomic E-state index is 13.0. The molecule has 13 heteroatoms. The molecule has 0 unspecified atom stereocenters. The van der Waals surface area contributed by atoms with Crippen LogP contribution in [0, 0.1) is 6.92 Å². The summed E-state index contributed by atoms with van der Waals surface area (Å²) >= 11 is 13.2. The zero-order chi connectivity index (χ0) is 33.3. The number of carbonyl (C=O) groups is 3. The smallest absolute Gasteiger partial charge is 0.246 e. The summed E-state index contributed by atoms with van der Waals surface area (Å²) in [6.07, 6.45) is 6.46. The first-order valence-corrected chi connectivity index (χ1v) is 15.4. The first-order valence-electron chi connectivity index (χ1n) is 14.7. The molecule has 254 valence electrons.